The van der Waals surface area contributed by atoms with E-state index in [1.165, 1.54) is 32.4 Å². The van der Waals surface area contributed by atoms with Gasteiger partial charge in [0.2, 0.25) is 5.91 Å². The number of ether oxygens (including phenoxy) is 1. The molecule has 3 aromatic carbocycles. The molecule has 0 radical (unpaired) electrons. The Hall–Kier alpha value is -3.77. The van der Waals surface area contributed by atoms with Crippen molar-refractivity contribution >= 4 is 16.8 Å². The number of fused-ring (bicyclic) bond motifs is 1. The summed E-state index contributed by atoms with van der Waals surface area (Å²) in [6, 6.07) is 23.6. The molecular weight excluding hydrogens is 498 g/mol. The Labute approximate surface area is 237 Å². The molecule has 0 aliphatic carbocycles. The van der Waals surface area contributed by atoms with E-state index in [-0.39, 0.29) is 24.1 Å². The van der Waals surface area contributed by atoms with Crippen molar-refractivity contribution in [2.45, 2.75) is 57.9 Å². The smallest absolute Gasteiger partial charge is 0.224 e. The van der Waals surface area contributed by atoms with Gasteiger partial charge in [-0.2, -0.15) is 0 Å². The number of nitrogens with zero attached hydrogens (tertiary/aromatic N) is 1. The van der Waals surface area contributed by atoms with Crippen molar-refractivity contribution in [3.05, 3.63) is 83.9 Å². The highest BCUT2D eigenvalue weighted by molar-refractivity contribution is 5.95. The van der Waals surface area contributed by atoms with Gasteiger partial charge in [-0.05, 0) is 99.1 Å². The predicted octanol–water partition coefficient (Wildman–Crippen LogP) is 6.48. The van der Waals surface area contributed by atoms with Gasteiger partial charge in [0.25, 0.3) is 0 Å². The maximum absolute atomic E-state index is 13.3. The Morgan fingerprint density at radius 3 is 2.58 bits per heavy atom. The average Bonchev–Trinajstić information content (AvgIpc) is 3.33. The van der Waals surface area contributed by atoms with Crippen LogP contribution in [0.5, 0.6) is 11.5 Å². The number of aromatic nitrogens is 1. The van der Waals surface area contributed by atoms with Crippen LogP contribution >= 0.6 is 0 Å². The number of amides is 1. The van der Waals surface area contributed by atoms with Crippen LogP contribution in [-0.2, 0) is 17.6 Å². The van der Waals surface area contributed by atoms with E-state index in [4.69, 9.17) is 4.74 Å². The summed E-state index contributed by atoms with van der Waals surface area (Å²) in [6.07, 6.45) is 6.93. The molecule has 1 aliphatic heterocycles. The van der Waals surface area contributed by atoms with Crippen molar-refractivity contribution in [1.82, 2.24) is 15.2 Å². The highest BCUT2D eigenvalue weighted by Gasteiger charge is 2.18. The molecule has 1 aromatic heterocycles. The minimum absolute atomic E-state index is 0.00383. The van der Waals surface area contributed by atoms with Gasteiger partial charge < -0.3 is 25.0 Å². The van der Waals surface area contributed by atoms with E-state index in [1.807, 2.05) is 43.3 Å². The predicted molar refractivity (Wildman–Crippen MR) is 162 cm³/mol. The fraction of sp³-hybridized carbons (Fsp3) is 0.382. The van der Waals surface area contributed by atoms with Crippen LogP contribution in [-0.4, -0.2) is 53.2 Å². The topological polar surface area (TPSA) is 77.6 Å². The van der Waals surface area contributed by atoms with E-state index in [2.05, 4.69) is 39.5 Å². The molecule has 6 nitrogen and oxygen atoms in total. The second-order valence-corrected chi connectivity index (χ2v) is 11.0. The molecule has 2 heterocycles. The van der Waals surface area contributed by atoms with Crippen LogP contribution in [0, 0.1) is 0 Å². The Morgan fingerprint density at radius 2 is 1.80 bits per heavy atom. The lowest BCUT2D eigenvalue weighted by Gasteiger charge is -2.26. The van der Waals surface area contributed by atoms with Crippen LogP contribution < -0.4 is 10.1 Å². The minimum atomic E-state index is 0.00383. The molecule has 1 aliphatic rings. The molecule has 0 unspecified atom stereocenters. The van der Waals surface area contributed by atoms with E-state index in [0.29, 0.717) is 6.61 Å². The zero-order chi connectivity index (χ0) is 27.7. The number of H-pyrrole nitrogens is 1. The molecule has 0 saturated carbocycles. The molecular formula is C34H41N3O3. The number of carbonyl (C=O) groups is 1. The summed E-state index contributed by atoms with van der Waals surface area (Å²) in [5, 5.41) is 13.7. The van der Waals surface area contributed by atoms with Crippen molar-refractivity contribution in [2.75, 3.05) is 26.2 Å². The number of phenolic OH excluding ortho intramolecular Hbond substituents is 1. The number of aromatic hydroxyl groups is 1. The highest BCUT2D eigenvalue weighted by Crippen LogP contribution is 2.33. The molecule has 1 saturated heterocycles. The molecule has 0 bridgehead atoms. The van der Waals surface area contributed by atoms with Crippen LogP contribution in [0.25, 0.3) is 22.2 Å². The number of hydrogen-bond acceptors (Lipinski definition) is 4. The van der Waals surface area contributed by atoms with E-state index in [9.17, 15) is 9.90 Å². The van der Waals surface area contributed by atoms with Crippen LogP contribution in [0.1, 0.15) is 50.2 Å². The summed E-state index contributed by atoms with van der Waals surface area (Å²) >= 11 is 0. The van der Waals surface area contributed by atoms with Crippen LogP contribution in [0.2, 0.25) is 0 Å². The fourth-order valence-corrected chi connectivity index (χ4v) is 5.62. The Kier molecular flexibility index (Phi) is 9.40. The first kappa shape index (κ1) is 27.8. The molecule has 1 amide bonds. The minimum Gasteiger partial charge on any atom is -0.508 e. The highest BCUT2D eigenvalue weighted by atomic mass is 16.5. The molecule has 0 spiro atoms. The number of hydrogen-bond donors (Lipinski definition) is 3. The normalized spacial score (nSPS) is 14.7. The van der Waals surface area contributed by atoms with Gasteiger partial charge in [-0.25, -0.2) is 0 Å². The number of nitrogens with one attached hydrogen (secondary N) is 2. The molecule has 6 heteroatoms. The quantitative estimate of drug-likeness (QED) is 0.180. The van der Waals surface area contributed by atoms with E-state index in [0.717, 1.165) is 64.8 Å². The zero-order valence-corrected chi connectivity index (χ0v) is 23.5. The number of carbonyl (C=O) groups excluding carboxylic acids is 1. The summed E-state index contributed by atoms with van der Waals surface area (Å²) in [5.41, 5.74) is 5.17. The summed E-state index contributed by atoms with van der Waals surface area (Å²) in [5.74, 6) is 1.11. The van der Waals surface area contributed by atoms with E-state index < -0.39 is 0 Å². The maximum atomic E-state index is 13.3. The first-order valence-corrected chi connectivity index (χ1v) is 14.7. The summed E-state index contributed by atoms with van der Waals surface area (Å²) in [7, 11) is 0. The number of benzene rings is 3. The van der Waals surface area contributed by atoms with Gasteiger partial charge in [0, 0.05) is 23.5 Å². The van der Waals surface area contributed by atoms with Crippen molar-refractivity contribution in [2.24, 2.45) is 0 Å². The third-order valence-electron chi connectivity index (χ3n) is 7.82. The van der Waals surface area contributed by atoms with Gasteiger partial charge in [0.1, 0.15) is 11.5 Å². The number of piperidine rings is 1. The van der Waals surface area contributed by atoms with E-state index >= 15 is 0 Å². The molecule has 4 aromatic rings. The second kappa shape index (κ2) is 13.5. The number of aromatic amines is 1. The van der Waals surface area contributed by atoms with Gasteiger partial charge in [-0.3, -0.25) is 4.79 Å². The second-order valence-electron chi connectivity index (χ2n) is 11.0. The first-order chi connectivity index (χ1) is 19.5. The summed E-state index contributed by atoms with van der Waals surface area (Å²) in [6.45, 7) is 6.23. The van der Waals surface area contributed by atoms with Gasteiger partial charge in [0.05, 0.1) is 18.7 Å². The summed E-state index contributed by atoms with van der Waals surface area (Å²) in [4.78, 5) is 19.4. The SMILES string of the molecule is C[C@H](CCc1ccc(O)cc1)NC(=O)Cc1c(-c2ccccc2)[nH]c2ccc(OCCCN3CCCCC3)cc12. The lowest BCUT2D eigenvalue weighted by atomic mass is 10.0. The largest absolute Gasteiger partial charge is 0.508 e. The Balaban J connectivity index is 1.26. The van der Waals surface area contributed by atoms with Crippen molar-refractivity contribution in [3.63, 3.8) is 0 Å². The number of phenols is 1. The van der Waals surface area contributed by atoms with Crippen LogP contribution in [0.15, 0.2) is 72.8 Å². The molecule has 1 fully saturated rings. The molecule has 5 rings (SSSR count). The fourth-order valence-electron chi connectivity index (χ4n) is 5.62. The third kappa shape index (κ3) is 7.45. The van der Waals surface area contributed by atoms with Crippen LogP contribution in [0.4, 0.5) is 0 Å². The van der Waals surface area contributed by atoms with Crippen molar-refractivity contribution in [1.29, 1.82) is 0 Å². The zero-order valence-electron chi connectivity index (χ0n) is 23.5. The Bertz CT molecular complexity index is 1380. The van der Waals surface area contributed by atoms with Crippen LogP contribution in [0.3, 0.4) is 0 Å². The lowest BCUT2D eigenvalue weighted by Crippen LogP contribution is -2.34. The lowest BCUT2D eigenvalue weighted by molar-refractivity contribution is -0.121. The molecule has 40 heavy (non-hydrogen) atoms. The molecule has 1 atom stereocenters. The number of likely N-dealkylation sites (tertiary alicyclic amines) is 1. The number of rotatable bonds is 12. The van der Waals surface area contributed by atoms with E-state index in [1.54, 1.807) is 12.1 Å². The van der Waals surface area contributed by atoms with Gasteiger partial charge in [-0.15, -0.1) is 0 Å². The first-order valence-electron chi connectivity index (χ1n) is 14.7. The number of aryl methyl sites for hydroxylation is 1. The monoisotopic (exact) mass is 539 g/mol. The van der Waals surface area contributed by atoms with Gasteiger partial charge in [0.15, 0.2) is 0 Å². The van der Waals surface area contributed by atoms with Crippen molar-refractivity contribution < 1.29 is 14.6 Å². The molecule has 210 valence electrons. The maximum Gasteiger partial charge on any atom is 0.224 e. The van der Waals surface area contributed by atoms with Gasteiger partial charge >= 0.3 is 0 Å². The Morgan fingerprint density at radius 1 is 1.02 bits per heavy atom. The van der Waals surface area contributed by atoms with Crippen molar-refractivity contribution in [3.8, 4) is 22.8 Å². The average molecular weight is 540 g/mol. The summed E-state index contributed by atoms with van der Waals surface area (Å²) < 4.78 is 6.17. The third-order valence-corrected chi connectivity index (χ3v) is 7.82. The molecule has 3 N–H and O–H groups in total. The standard InChI is InChI=1S/C34H41N3O3/c1-25(11-12-26-13-15-28(38)16-14-26)35-33(39)24-31-30-23-29(40-22-8-21-37-19-6-3-7-20-37)17-18-32(30)36-34(31)27-9-4-2-5-10-27/h2,4-5,9-10,13-18,23,25,36,38H,3,6-8,11-12,19-22,24H2,1H3,(H,35,39)/t25-/m1/s1. The van der Waals surface area contributed by atoms with Gasteiger partial charge in [-0.1, -0.05) is 48.9 Å².